The van der Waals surface area contributed by atoms with Crippen LogP contribution in [0.4, 0.5) is 11.4 Å². The van der Waals surface area contributed by atoms with Gasteiger partial charge in [0.05, 0.1) is 18.1 Å². The van der Waals surface area contributed by atoms with Gasteiger partial charge in [-0.25, -0.2) is 0 Å². The van der Waals surface area contributed by atoms with E-state index < -0.39 is 10.7 Å². The molecule has 0 aromatic heterocycles. The molecule has 6 nitrogen and oxygen atoms in total. The van der Waals surface area contributed by atoms with Crippen LogP contribution >= 0.6 is 11.6 Å². The summed E-state index contributed by atoms with van der Waals surface area (Å²) in [6.45, 7) is 2.55. The van der Waals surface area contributed by atoms with Gasteiger partial charge in [0.1, 0.15) is 10.7 Å². The molecule has 108 valence electrons. The van der Waals surface area contributed by atoms with Crippen LogP contribution in [0.15, 0.2) is 18.2 Å². The van der Waals surface area contributed by atoms with E-state index in [4.69, 9.17) is 21.1 Å². The van der Waals surface area contributed by atoms with Gasteiger partial charge in [-0.1, -0.05) is 17.7 Å². The van der Waals surface area contributed by atoms with Gasteiger partial charge in [-0.05, 0) is 12.1 Å². The molecule has 0 unspecified atom stereocenters. The topological polar surface area (TPSA) is 64.8 Å². The molecular weight excluding hydrogens is 284 g/mol. The highest BCUT2D eigenvalue weighted by molar-refractivity contribution is 6.33. The molecule has 0 radical (unpaired) electrons. The second kappa shape index (κ2) is 5.20. The Morgan fingerprint density at radius 3 is 2.50 bits per heavy atom. The molecule has 2 aliphatic heterocycles. The molecular formula is C13H15ClN2O4. The molecule has 2 fully saturated rings. The highest BCUT2D eigenvalue weighted by Crippen LogP contribution is 2.39. The zero-order valence-electron chi connectivity index (χ0n) is 10.9. The zero-order valence-corrected chi connectivity index (χ0v) is 11.6. The Morgan fingerprint density at radius 2 is 1.90 bits per heavy atom. The normalized spacial score (nSPS) is 21.4. The Bertz CT molecular complexity index is 521. The highest BCUT2D eigenvalue weighted by Gasteiger charge is 2.40. The van der Waals surface area contributed by atoms with Crippen molar-refractivity contribution in [2.75, 3.05) is 31.2 Å². The van der Waals surface area contributed by atoms with E-state index in [-0.39, 0.29) is 10.7 Å². The van der Waals surface area contributed by atoms with Gasteiger partial charge in [0.2, 0.25) is 0 Å². The summed E-state index contributed by atoms with van der Waals surface area (Å²) < 4.78 is 11.3. The fourth-order valence-electron chi connectivity index (χ4n) is 2.81. The number of nitro groups is 1. The minimum absolute atomic E-state index is 0.0293. The Labute approximate surface area is 121 Å². The van der Waals surface area contributed by atoms with E-state index in [1.165, 1.54) is 6.07 Å². The maximum Gasteiger partial charge on any atom is 0.310 e. The molecule has 2 saturated heterocycles. The van der Waals surface area contributed by atoms with Gasteiger partial charge in [-0.3, -0.25) is 10.1 Å². The van der Waals surface area contributed by atoms with Crippen LogP contribution in [0.5, 0.6) is 0 Å². The lowest BCUT2D eigenvalue weighted by Gasteiger charge is -2.38. The minimum Gasteiger partial charge on any atom is -0.366 e. The van der Waals surface area contributed by atoms with Crippen LogP contribution in [0.25, 0.3) is 0 Å². The Hall–Kier alpha value is -1.37. The first-order valence-electron chi connectivity index (χ1n) is 6.57. The lowest BCUT2D eigenvalue weighted by atomic mass is 10.0. The summed E-state index contributed by atoms with van der Waals surface area (Å²) in [5, 5.41) is 11.3. The standard InChI is InChI=1S/C13H15ClN2O4/c14-10-2-1-3-11(12(10)16(17)18)15-6-4-13(5-7-15)19-8-9-20-13/h1-3H,4-9H2. The molecule has 2 heterocycles. The number of rotatable bonds is 2. The third-order valence-electron chi connectivity index (χ3n) is 3.83. The van der Waals surface area contributed by atoms with E-state index in [9.17, 15) is 10.1 Å². The third-order valence-corrected chi connectivity index (χ3v) is 4.13. The fourth-order valence-corrected chi connectivity index (χ4v) is 3.05. The first-order valence-corrected chi connectivity index (χ1v) is 6.95. The highest BCUT2D eigenvalue weighted by atomic mass is 35.5. The molecule has 1 aromatic carbocycles. The molecule has 0 saturated carbocycles. The van der Waals surface area contributed by atoms with Crippen molar-refractivity contribution in [3.63, 3.8) is 0 Å². The average molecular weight is 299 g/mol. The summed E-state index contributed by atoms with van der Waals surface area (Å²) in [6.07, 6.45) is 1.41. The summed E-state index contributed by atoms with van der Waals surface area (Å²) in [7, 11) is 0. The van der Waals surface area contributed by atoms with Crippen molar-refractivity contribution >= 4 is 23.0 Å². The molecule has 1 spiro atoms. The van der Waals surface area contributed by atoms with Crippen molar-refractivity contribution < 1.29 is 14.4 Å². The molecule has 7 heteroatoms. The van der Waals surface area contributed by atoms with Crippen molar-refractivity contribution in [3.8, 4) is 0 Å². The molecule has 0 amide bonds. The number of halogens is 1. The van der Waals surface area contributed by atoms with Crippen molar-refractivity contribution in [2.24, 2.45) is 0 Å². The summed E-state index contributed by atoms with van der Waals surface area (Å²) >= 11 is 5.95. The number of anilines is 1. The van der Waals surface area contributed by atoms with Gasteiger partial charge in [0.25, 0.3) is 0 Å². The number of nitro benzene ring substituents is 1. The van der Waals surface area contributed by atoms with Crippen LogP contribution in [0.2, 0.25) is 5.02 Å². The monoisotopic (exact) mass is 298 g/mol. The molecule has 20 heavy (non-hydrogen) atoms. The molecule has 2 aliphatic rings. The number of piperidine rings is 1. The summed E-state index contributed by atoms with van der Waals surface area (Å²) in [5.41, 5.74) is 0.536. The molecule has 3 rings (SSSR count). The van der Waals surface area contributed by atoms with E-state index in [0.29, 0.717) is 44.8 Å². The number of nitrogens with zero attached hydrogens (tertiary/aromatic N) is 2. The number of ether oxygens (including phenoxy) is 2. The van der Waals surface area contributed by atoms with Crippen LogP contribution in [0.3, 0.4) is 0 Å². The van der Waals surface area contributed by atoms with E-state index in [2.05, 4.69) is 0 Å². The third kappa shape index (κ3) is 2.34. The van der Waals surface area contributed by atoms with Gasteiger partial charge in [-0.15, -0.1) is 0 Å². The van der Waals surface area contributed by atoms with E-state index in [0.717, 1.165) is 0 Å². The molecule has 0 N–H and O–H groups in total. The molecule has 0 aliphatic carbocycles. The van der Waals surface area contributed by atoms with E-state index >= 15 is 0 Å². The second-order valence-corrected chi connectivity index (χ2v) is 5.37. The van der Waals surface area contributed by atoms with Crippen molar-refractivity contribution in [1.29, 1.82) is 0 Å². The lowest BCUT2D eigenvalue weighted by molar-refractivity contribution is -0.384. The predicted molar refractivity (Wildman–Crippen MR) is 74.2 cm³/mol. The maximum absolute atomic E-state index is 11.2. The van der Waals surface area contributed by atoms with Gasteiger partial charge < -0.3 is 14.4 Å². The lowest BCUT2D eigenvalue weighted by Crippen LogP contribution is -2.45. The van der Waals surface area contributed by atoms with Gasteiger partial charge >= 0.3 is 5.69 Å². The Morgan fingerprint density at radius 1 is 1.25 bits per heavy atom. The van der Waals surface area contributed by atoms with Crippen LogP contribution in [0.1, 0.15) is 12.8 Å². The van der Waals surface area contributed by atoms with Crippen molar-refractivity contribution in [1.82, 2.24) is 0 Å². The van der Waals surface area contributed by atoms with E-state index in [1.807, 2.05) is 4.90 Å². The number of para-hydroxylation sites is 1. The fraction of sp³-hybridized carbons (Fsp3) is 0.538. The molecule has 0 bridgehead atoms. The quantitative estimate of drug-likeness (QED) is 0.620. The summed E-state index contributed by atoms with van der Waals surface area (Å²) in [4.78, 5) is 12.7. The summed E-state index contributed by atoms with van der Waals surface area (Å²) in [5.74, 6) is -0.482. The average Bonchev–Trinajstić information content (AvgIpc) is 2.87. The molecule has 0 atom stereocenters. The largest absolute Gasteiger partial charge is 0.366 e. The van der Waals surface area contributed by atoms with Crippen LogP contribution in [-0.4, -0.2) is 37.0 Å². The number of benzene rings is 1. The second-order valence-electron chi connectivity index (χ2n) is 4.96. The first kappa shape index (κ1) is 13.6. The van der Waals surface area contributed by atoms with Crippen molar-refractivity contribution in [3.05, 3.63) is 33.3 Å². The van der Waals surface area contributed by atoms with Crippen LogP contribution in [-0.2, 0) is 9.47 Å². The van der Waals surface area contributed by atoms with Gasteiger partial charge in [-0.2, -0.15) is 0 Å². The van der Waals surface area contributed by atoms with Crippen molar-refractivity contribution in [2.45, 2.75) is 18.6 Å². The SMILES string of the molecule is O=[N+]([O-])c1c(Cl)cccc1N1CCC2(CC1)OCCO2. The Balaban J connectivity index is 1.81. The Kier molecular flexibility index (Phi) is 3.54. The summed E-state index contributed by atoms with van der Waals surface area (Å²) in [6, 6.07) is 5.01. The number of hydrogen-bond acceptors (Lipinski definition) is 5. The molecule has 1 aromatic rings. The first-order chi connectivity index (χ1) is 9.61. The van der Waals surface area contributed by atoms with Gasteiger partial charge in [0.15, 0.2) is 5.79 Å². The number of hydrogen-bond donors (Lipinski definition) is 0. The van der Waals surface area contributed by atoms with Crippen LogP contribution < -0.4 is 4.90 Å². The minimum atomic E-state index is -0.482. The van der Waals surface area contributed by atoms with Crippen LogP contribution in [0, 0.1) is 10.1 Å². The smallest absolute Gasteiger partial charge is 0.310 e. The van der Waals surface area contributed by atoms with E-state index in [1.54, 1.807) is 12.1 Å². The zero-order chi connectivity index (χ0) is 14.2. The predicted octanol–water partition coefficient (Wildman–Crippen LogP) is 2.59. The maximum atomic E-state index is 11.2. The van der Waals surface area contributed by atoms with Gasteiger partial charge in [0, 0.05) is 25.9 Å².